The van der Waals surface area contributed by atoms with Gasteiger partial charge in [-0.05, 0) is 251 Å². The molecular weight excluding hydrogens is 1950 g/mol. The number of epoxide rings is 1. The van der Waals surface area contributed by atoms with E-state index in [9.17, 15) is 77.6 Å². The first-order valence-electron chi connectivity index (χ1n) is 48.5. The number of hydrazone groups is 1. The highest BCUT2D eigenvalue weighted by Gasteiger charge is 2.50. The molecule has 9 N–H and O–H groups in total. The summed E-state index contributed by atoms with van der Waals surface area (Å²) in [4.78, 5) is 33.8. The van der Waals surface area contributed by atoms with Gasteiger partial charge in [0.2, 0.25) is 17.5 Å². The normalized spacial score (nSPS) is 18.8. The second kappa shape index (κ2) is 48.0. The fraction of sp³-hybridized carbons (Fsp3) is 0.377. The predicted octanol–water partition coefficient (Wildman–Crippen LogP) is 16.5. The summed E-state index contributed by atoms with van der Waals surface area (Å²) in [7, 11) is -1.34. The molecule has 0 bridgehead atoms. The quantitative estimate of drug-likeness (QED) is 0.0194. The lowest BCUT2D eigenvalue weighted by molar-refractivity contribution is -0.138. The number of carbonyl (C=O) groups is 2. The van der Waals surface area contributed by atoms with Crippen molar-refractivity contribution < 1.29 is 102 Å². The average molecular weight is 2070 g/mol. The number of amides is 2. The van der Waals surface area contributed by atoms with Crippen molar-refractivity contribution in [2.24, 2.45) is 5.10 Å². The van der Waals surface area contributed by atoms with Gasteiger partial charge in [-0.15, -0.1) is 41.2 Å². The van der Waals surface area contributed by atoms with Crippen LogP contribution in [0.2, 0.25) is 0 Å². The number of alkyl halides is 12. The third kappa shape index (κ3) is 32.5. The largest absolute Gasteiger partial charge is 0.488 e. The van der Waals surface area contributed by atoms with Gasteiger partial charge in [0.1, 0.15) is 28.0 Å². The standard InChI is InChI=1S/C27H26F3N5O.C26H30F3N5O3.C21H22F3N5O.C15H13F3N4.C11H19NO3.C6H7BO2/c28-27(29,30)22-13-11-20(12-14-22)17-21-7-4-5-10-24(21)25-31-33-35(32-25)19-26(36)15-6-16-34(18-26)23-8-2-1-3-9-23;1-24(2,3)37-23(35)33-14-6-13-25(36,16-33)17-34-31-22(30-32-34)21-8-5-4-7-19(21)15-18-9-11-20(12-10-18)26(27,28)29;22-21(23,24)17-8-6-15(7-9-17)12-16-4-1-2-5-18(16)19-26-28-29(27-19)14-20(30)10-3-11-25-13-20;16-15(17,18)12-7-5-10(6-8-12)9-11-3-1-2-4-13(11)14-19-21-22-20-14;1-10(2,3)15-9(13)12-6-4-5-11(7-12)8-14-11;8-7(9)6-4-2-1-3-5-6/h1-5,7-14,36H,6,15-19H2;4-5,7-12,36H,6,13-17H2,1-3H3;1-2,4-9,25,30H,3,10-14H2;1-8,21-22H,9H2,(H,19,20);4-8H2,1-3H3;1-5,8-9H. The van der Waals surface area contributed by atoms with E-state index in [1.54, 1.807) is 49.9 Å². The summed E-state index contributed by atoms with van der Waals surface area (Å²) in [5.41, 5.74) is 12.5. The Kier molecular flexibility index (Phi) is 35.7. The second-order valence-electron chi connectivity index (χ2n) is 39.4. The van der Waals surface area contributed by atoms with Crippen LogP contribution in [0.4, 0.5) is 68.0 Å². The predicted molar refractivity (Wildman–Crippen MR) is 533 cm³/mol. The Labute approximate surface area is 853 Å². The molecule has 10 aromatic carbocycles. The minimum atomic E-state index is -4.38. The molecule has 5 saturated heterocycles. The zero-order valence-electron chi connectivity index (χ0n) is 82.8. The Morgan fingerprint density at radius 3 is 1.09 bits per heavy atom. The molecule has 1 spiro atoms. The number of hydrogen-bond donors (Lipinski definition) is 9. The number of hydrogen-bond acceptors (Lipinski definition) is 25. The Bertz CT molecular complexity index is 6570. The first-order valence-corrected chi connectivity index (χ1v) is 48.5. The molecule has 13 aromatic rings. The molecule has 9 heterocycles. The van der Waals surface area contributed by atoms with Gasteiger partial charge in [-0.1, -0.05) is 194 Å². The van der Waals surface area contributed by atoms with Crippen LogP contribution in [0.1, 0.15) is 165 Å². The minimum absolute atomic E-state index is 0.0187. The lowest BCUT2D eigenvalue weighted by Gasteiger charge is -2.40. The maximum absolute atomic E-state index is 12.9. The minimum Gasteiger partial charge on any atom is -0.444 e. The molecule has 43 heteroatoms. The topological polar surface area (TPSA) is 367 Å². The molecule has 6 aliphatic rings. The van der Waals surface area contributed by atoms with Crippen LogP contribution in [0.15, 0.2) is 260 Å². The first kappa shape index (κ1) is 111. The summed E-state index contributed by atoms with van der Waals surface area (Å²) in [6.45, 7) is 17.1. The van der Waals surface area contributed by atoms with E-state index in [-0.39, 0.29) is 37.9 Å². The van der Waals surface area contributed by atoms with Crippen molar-refractivity contribution in [3.05, 3.63) is 327 Å². The number of ether oxygens (including phenoxy) is 3. The van der Waals surface area contributed by atoms with E-state index in [4.69, 9.17) is 24.3 Å². The number of nitrogens with zero attached hydrogens (tertiary/aromatic N) is 16. The van der Waals surface area contributed by atoms with Gasteiger partial charge >= 0.3 is 44.0 Å². The number of aliphatic hydroxyl groups is 3. The molecule has 3 aromatic heterocycles. The maximum Gasteiger partial charge on any atom is 0.488 e. The molecule has 0 aliphatic carbocycles. The first-order chi connectivity index (χ1) is 70.7. The van der Waals surface area contributed by atoms with Crippen LogP contribution in [-0.4, -0.2) is 214 Å². The summed E-state index contributed by atoms with van der Waals surface area (Å²) in [5.74, 6) is 1.81. The lowest BCUT2D eigenvalue weighted by atomic mass is 9.81. The number of tetrazole rings is 3. The van der Waals surface area contributed by atoms with Gasteiger partial charge in [0, 0.05) is 60.7 Å². The van der Waals surface area contributed by atoms with Gasteiger partial charge < -0.3 is 59.6 Å². The highest BCUT2D eigenvalue weighted by Crippen LogP contribution is 2.40. The second-order valence-corrected chi connectivity index (χ2v) is 39.4. The van der Waals surface area contributed by atoms with Crippen LogP contribution < -0.4 is 32.2 Å². The number of anilines is 1. The van der Waals surface area contributed by atoms with Crippen molar-refractivity contribution in [1.29, 1.82) is 0 Å². The summed E-state index contributed by atoms with van der Waals surface area (Å²) in [5, 5.41) is 95.8. The van der Waals surface area contributed by atoms with Crippen LogP contribution in [0, 0.1) is 0 Å². The number of aromatic nitrogens is 12. The third-order valence-electron chi connectivity index (χ3n) is 25.0. The number of carbonyl (C=O) groups excluding carboxylic acids is 2. The molecule has 5 fully saturated rings. The number of hydrazine groups is 2. The summed E-state index contributed by atoms with van der Waals surface area (Å²) >= 11 is 0. The lowest BCUT2D eigenvalue weighted by Crippen LogP contribution is -2.53. The summed E-state index contributed by atoms with van der Waals surface area (Å²) < 4.78 is 170. The molecule has 19 rings (SSSR count). The summed E-state index contributed by atoms with van der Waals surface area (Å²) in [6, 6.07) is 69.1. The van der Waals surface area contributed by atoms with Crippen LogP contribution in [0.25, 0.3) is 34.2 Å². The SMILES string of the molecule is CC(C)(C)OC(=O)N1CCCC(O)(Cn2nnc(-c3ccccc3Cc3ccc(C(F)(F)F)cc3)n2)C1.CC(C)(C)OC(=O)N1CCCC2(CO2)C1.FC(F)(F)c1ccc(Cc2ccccc2C2=NNNN2)cc1.OB(O)c1ccccc1.OC1(Cn2nnc(-c3ccccc3Cc3ccc(C(F)(F)F)cc3)n2)CCCN(c2ccccc2)C1.OC1(Cn2nnc(-c3ccccc3Cc3ccc(C(F)(F)F)cc3)n2)CCCNC1. The average Bonchev–Trinajstić information content (AvgIpc) is 1.64. The van der Waals surface area contributed by atoms with Crippen LogP contribution in [0.3, 0.4) is 0 Å². The molecule has 30 nitrogen and oxygen atoms in total. The zero-order valence-corrected chi connectivity index (χ0v) is 82.8. The highest BCUT2D eigenvalue weighted by molar-refractivity contribution is 6.58. The van der Waals surface area contributed by atoms with Gasteiger partial charge in [0.25, 0.3) is 0 Å². The Balaban J connectivity index is 0.000000147. The monoisotopic (exact) mass is 2070 g/mol. The number of benzene rings is 10. The molecule has 6 aliphatic heterocycles. The molecule has 788 valence electrons. The van der Waals surface area contributed by atoms with Crippen LogP contribution in [-0.2, 0) is 84.2 Å². The van der Waals surface area contributed by atoms with Crippen molar-refractivity contribution in [3.63, 3.8) is 0 Å². The van der Waals surface area contributed by atoms with E-state index in [1.807, 2.05) is 154 Å². The fourth-order valence-electron chi connectivity index (χ4n) is 17.5. The van der Waals surface area contributed by atoms with Gasteiger partial charge in [0.05, 0.1) is 67.2 Å². The van der Waals surface area contributed by atoms with Crippen molar-refractivity contribution >= 4 is 36.3 Å². The molecule has 149 heavy (non-hydrogen) atoms. The molecule has 0 radical (unpaired) electrons. The van der Waals surface area contributed by atoms with Crippen LogP contribution in [0.5, 0.6) is 0 Å². The smallest absolute Gasteiger partial charge is 0.444 e. The highest BCUT2D eigenvalue weighted by atomic mass is 19.4. The summed E-state index contributed by atoms with van der Waals surface area (Å²) in [6.07, 6.45) is -10.1. The number of rotatable bonds is 20. The number of piperidine rings is 4. The number of para-hydroxylation sites is 1. The number of likely N-dealkylation sites (tertiary alicyclic amines) is 2. The molecular formula is C106H117BF12N20O10. The van der Waals surface area contributed by atoms with E-state index in [1.165, 1.54) is 67.8 Å². The Morgan fingerprint density at radius 2 is 0.738 bits per heavy atom. The number of nitrogens with one attached hydrogen (secondary N) is 4. The van der Waals surface area contributed by atoms with E-state index in [0.717, 1.165) is 162 Å². The van der Waals surface area contributed by atoms with Gasteiger partial charge in [-0.3, -0.25) is 5.43 Å². The number of halogens is 12. The Hall–Kier alpha value is -14.1. The molecule has 4 unspecified atom stereocenters. The van der Waals surface area contributed by atoms with Crippen molar-refractivity contribution in [2.75, 3.05) is 63.9 Å². The van der Waals surface area contributed by atoms with Gasteiger partial charge in [0.15, 0.2) is 5.84 Å². The van der Waals surface area contributed by atoms with E-state index in [0.29, 0.717) is 117 Å². The number of β-amino-alcohol motifs (C(OH)–C–C–N with tert-alkyl or cyclic N) is 3. The molecule has 0 saturated carbocycles. The van der Waals surface area contributed by atoms with Gasteiger partial charge in [-0.25, -0.2) is 15.1 Å². The maximum atomic E-state index is 12.9. The van der Waals surface area contributed by atoms with E-state index >= 15 is 0 Å². The van der Waals surface area contributed by atoms with Crippen LogP contribution >= 0.6 is 0 Å². The fourth-order valence-corrected chi connectivity index (χ4v) is 17.5. The van der Waals surface area contributed by atoms with Crippen molar-refractivity contribution in [1.82, 2.24) is 92.2 Å². The van der Waals surface area contributed by atoms with E-state index < -0.39 is 88.2 Å². The third-order valence-corrected chi connectivity index (χ3v) is 25.0. The van der Waals surface area contributed by atoms with Gasteiger partial charge in [-0.2, -0.15) is 67.1 Å². The zero-order chi connectivity index (χ0) is 107. The number of amidine groups is 1. The molecule has 4 atom stereocenters. The van der Waals surface area contributed by atoms with Crippen molar-refractivity contribution in [2.45, 2.75) is 197 Å². The molecule has 2 amide bonds. The van der Waals surface area contributed by atoms with Crippen molar-refractivity contribution in [3.8, 4) is 34.2 Å². The Morgan fingerprint density at radius 1 is 0.403 bits per heavy atom. The van der Waals surface area contributed by atoms with E-state index in [2.05, 4.69) is 78.0 Å².